The molecule has 1 aliphatic heterocycles. The van der Waals surface area contributed by atoms with E-state index in [1.54, 1.807) is 0 Å². The summed E-state index contributed by atoms with van der Waals surface area (Å²) < 4.78 is 0. The van der Waals surface area contributed by atoms with Crippen LogP contribution in [0.25, 0.3) is 0 Å². The third kappa shape index (κ3) is 2.57. The predicted octanol–water partition coefficient (Wildman–Crippen LogP) is 0.648. The number of hydrogen-bond acceptors (Lipinski definition) is 3. The summed E-state index contributed by atoms with van der Waals surface area (Å²) in [5.41, 5.74) is 0.144. The monoisotopic (exact) mass is 251 g/mol. The van der Waals surface area contributed by atoms with Gasteiger partial charge in [0.25, 0.3) is 0 Å². The molecule has 1 aliphatic rings. The van der Waals surface area contributed by atoms with Gasteiger partial charge in [-0.05, 0) is 26.1 Å². The lowest BCUT2D eigenvalue weighted by Crippen LogP contribution is -2.59. The van der Waals surface area contributed by atoms with E-state index in [0.717, 1.165) is 31.9 Å². The summed E-state index contributed by atoms with van der Waals surface area (Å²) in [4.78, 5) is 19.1. The molecule has 1 atom stereocenters. The van der Waals surface area contributed by atoms with Crippen LogP contribution in [0, 0.1) is 0 Å². The van der Waals surface area contributed by atoms with E-state index in [1.165, 1.54) is 0 Å². The lowest BCUT2D eigenvalue weighted by Gasteiger charge is -2.42. The molecule has 0 radical (unpaired) electrons. The first-order chi connectivity index (χ1) is 8.52. The zero-order valence-corrected chi connectivity index (χ0v) is 11.0. The summed E-state index contributed by atoms with van der Waals surface area (Å²) in [6.45, 7) is 5.28. The van der Waals surface area contributed by atoms with Gasteiger partial charge in [0.15, 0.2) is 0 Å². The van der Waals surface area contributed by atoms with Crippen LogP contribution in [-0.2, 0) is 11.2 Å². The molecule has 0 bridgehead atoms. The number of aromatic nitrogens is 1. The highest BCUT2D eigenvalue weighted by atomic mass is 16.4. The molecule has 5 nitrogen and oxygen atoms in total. The van der Waals surface area contributed by atoms with Crippen LogP contribution in [0.1, 0.15) is 12.6 Å². The van der Waals surface area contributed by atoms with Gasteiger partial charge >= 0.3 is 5.97 Å². The summed E-state index contributed by atoms with van der Waals surface area (Å²) >= 11 is 0. The molecule has 5 heteroatoms. The number of hydrogen-bond donors (Lipinski definition) is 2. The van der Waals surface area contributed by atoms with Crippen LogP contribution < -0.4 is 0 Å². The van der Waals surface area contributed by atoms with Crippen LogP contribution in [-0.4, -0.2) is 64.6 Å². The highest BCUT2D eigenvalue weighted by molar-refractivity contribution is 5.78. The number of likely N-dealkylation sites (N-methyl/N-ethyl adjacent to an activating group) is 1. The van der Waals surface area contributed by atoms with Crippen LogP contribution >= 0.6 is 0 Å². The van der Waals surface area contributed by atoms with Crippen molar-refractivity contribution >= 4 is 5.97 Å². The Kier molecular flexibility index (Phi) is 3.73. The van der Waals surface area contributed by atoms with Crippen LogP contribution in [0.15, 0.2) is 18.3 Å². The van der Waals surface area contributed by atoms with Gasteiger partial charge in [-0.2, -0.15) is 0 Å². The number of rotatable bonds is 4. The number of piperazine rings is 1. The van der Waals surface area contributed by atoms with Crippen LogP contribution in [0.3, 0.4) is 0 Å². The molecule has 1 unspecified atom stereocenters. The fourth-order valence-corrected chi connectivity index (χ4v) is 2.47. The van der Waals surface area contributed by atoms with Gasteiger partial charge in [-0.1, -0.05) is 0 Å². The smallest absolute Gasteiger partial charge is 0.324 e. The lowest BCUT2D eigenvalue weighted by atomic mass is 9.92. The van der Waals surface area contributed by atoms with Crippen molar-refractivity contribution in [1.82, 2.24) is 14.8 Å². The Balaban J connectivity index is 2.13. The molecule has 1 fully saturated rings. The van der Waals surface area contributed by atoms with Crippen LogP contribution in [0.2, 0.25) is 0 Å². The van der Waals surface area contributed by atoms with Gasteiger partial charge in [0.05, 0.1) is 0 Å². The average Bonchev–Trinajstić information content (AvgIpc) is 2.82. The van der Waals surface area contributed by atoms with Gasteiger partial charge < -0.3 is 15.0 Å². The number of aromatic amines is 1. The Morgan fingerprint density at radius 3 is 2.61 bits per heavy atom. The molecule has 0 aliphatic carbocycles. The SMILES string of the molecule is CN1CCN(C(C)(Cc2ccc[nH]2)C(=O)O)CC1. The summed E-state index contributed by atoms with van der Waals surface area (Å²) in [5.74, 6) is -0.748. The standard InChI is InChI=1S/C13H21N3O2/c1-13(12(17)18,10-11-4-3-5-14-11)16-8-6-15(2)7-9-16/h3-5,14H,6-10H2,1-2H3,(H,17,18). The molecule has 2 heterocycles. The molecule has 0 spiro atoms. The first-order valence-electron chi connectivity index (χ1n) is 6.31. The first-order valence-corrected chi connectivity index (χ1v) is 6.31. The maximum absolute atomic E-state index is 11.7. The quantitative estimate of drug-likeness (QED) is 0.825. The van der Waals surface area contributed by atoms with Crippen molar-refractivity contribution in [1.29, 1.82) is 0 Å². The van der Waals surface area contributed by atoms with Crippen molar-refractivity contribution in [2.75, 3.05) is 33.2 Å². The number of nitrogens with one attached hydrogen (secondary N) is 1. The molecule has 1 saturated heterocycles. The van der Waals surface area contributed by atoms with E-state index in [-0.39, 0.29) is 0 Å². The van der Waals surface area contributed by atoms with Crippen molar-refractivity contribution in [2.24, 2.45) is 0 Å². The number of carboxylic acid groups (broad SMARTS) is 1. The zero-order valence-electron chi connectivity index (χ0n) is 11.0. The second-order valence-corrected chi connectivity index (χ2v) is 5.24. The van der Waals surface area contributed by atoms with E-state index in [2.05, 4.69) is 21.8 Å². The normalized spacial score (nSPS) is 21.7. The molecule has 2 rings (SSSR count). The van der Waals surface area contributed by atoms with Crippen LogP contribution in [0.5, 0.6) is 0 Å². The molecule has 1 aromatic rings. The Hall–Kier alpha value is -1.33. The molecule has 100 valence electrons. The Bertz CT molecular complexity index is 396. The first kappa shape index (κ1) is 13.1. The maximum Gasteiger partial charge on any atom is 0.324 e. The van der Waals surface area contributed by atoms with Gasteiger partial charge in [0, 0.05) is 44.5 Å². The summed E-state index contributed by atoms with van der Waals surface area (Å²) in [7, 11) is 2.07. The van der Waals surface area contributed by atoms with Gasteiger partial charge in [-0.15, -0.1) is 0 Å². The van der Waals surface area contributed by atoms with E-state index in [0.29, 0.717) is 6.42 Å². The van der Waals surface area contributed by atoms with Crippen molar-refractivity contribution in [3.63, 3.8) is 0 Å². The second kappa shape index (κ2) is 5.12. The molecule has 0 saturated carbocycles. The van der Waals surface area contributed by atoms with Gasteiger partial charge in [-0.3, -0.25) is 9.69 Å². The zero-order chi connectivity index (χ0) is 13.2. The summed E-state index contributed by atoms with van der Waals surface area (Å²) in [6.07, 6.45) is 2.35. The number of carbonyl (C=O) groups is 1. The Morgan fingerprint density at radius 2 is 2.11 bits per heavy atom. The Labute approximate surface area is 107 Å². The molecule has 0 aromatic carbocycles. The van der Waals surface area contributed by atoms with Crippen molar-refractivity contribution in [3.05, 3.63) is 24.0 Å². The minimum absolute atomic E-state index is 0.513. The molecule has 18 heavy (non-hydrogen) atoms. The van der Waals surface area contributed by atoms with E-state index in [4.69, 9.17) is 0 Å². The van der Waals surface area contributed by atoms with E-state index in [9.17, 15) is 9.90 Å². The van der Waals surface area contributed by atoms with Crippen molar-refractivity contribution in [3.8, 4) is 0 Å². The topological polar surface area (TPSA) is 59.6 Å². The van der Waals surface area contributed by atoms with E-state index in [1.807, 2.05) is 25.3 Å². The highest BCUT2D eigenvalue weighted by Gasteiger charge is 2.40. The van der Waals surface area contributed by atoms with E-state index >= 15 is 0 Å². The molecule has 2 N–H and O–H groups in total. The number of H-pyrrole nitrogens is 1. The molecular formula is C13H21N3O2. The average molecular weight is 251 g/mol. The number of nitrogens with zero attached hydrogens (tertiary/aromatic N) is 2. The largest absolute Gasteiger partial charge is 0.480 e. The highest BCUT2D eigenvalue weighted by Crippen LogP contribution is 2.22. The minimum atomic E-state index is -0.827. The molecule has 0 amide bonds. The fraction of sp³-hybridized carbons (Fsp3) is 0.615. The number of aliphatic carboxylic acids is 1. The van der Waals surface area contributed by atoms with Crippen LogP contribution in [0.4, 0.5) is 0 Å². The van der Waals surface area contributed by atoms with Gasteiger partial charge in [-0.25, -0.2) is 0 Å². The fourth-order valence-electron chi connectivity index (χ4n) is 2.47. The van der Waals surface area contributed by atoms with E-state index < -0.39 is 11.5 Å². The maximum atomic E-state index is 11.7. The van der Waals surface area contributed by atoms with Crippen molar-refractivity contribution in [2.45, 2.75) is 18.9 Å². The molecule has 1 aromatic heterocycles. The lowest BCUT2D eigenvalue weighted by molar-refractivity contribution is -0.151. The third-order valence-corrected chi connectivity index (χ3v) is 3.86. The van der Waals surface area contributed by atoms with Gasteiger partial charge in [0.2, 0.25) is 0 Å². The van der Waals surface area contributed by atoms with Gasteiger partial charge in [0.1, 0.15) is 5.54 Å². The van der Waals surface area contributed by atoms with Crippen molar-refractivity contribution < 1.29 is 9.90 Å². The number of carboxylic acids is 1. The third-order valence-electron chi connectivity index (χ3n) is 3.86. The predicted molar refractivity (Wildman–Crippen MR) is 69.6 cm³/mol. The molecular weight excluding hydrogens is 230 g/mol. The Morgan fingerprint density at radius 1 is 1.44 bits per heavy atom. The summed E-state index contributed by atoms with van der Waals surface area (Å²) in [6, 6.07) is 3.85. The second-order valence-electron chi connectivity index (χ2n) is 5.24. The summed E-state index contributed by atoms with van der Waals surface area (Å²) in [5, 5.41) is 9.58. The minimum Gasteiger partial charge on any atom is -0.480 e.